The van der Waals surface area contributed by atoms with Gasteiger partial charge in [-0.05, 0) is 23.3 Å². The van der Waals surface area contributed by atoms with E-state index in [4.69, 9.17) is 4.74 Å². The zero-order valence-corrected chi connectivity index (χ0v) is 14.4. The second-order valence-electron chi connectivity index (χ2n) is 6.46. The molecular formula is C20H23NO5. The minimum absolute atomic E-state index is 0.129. The van der Waals surface area contributed by atoms with Gasteiger partial charge in [-0.15, -0.1) is 0 Å². The third-order valence-corrected chi connectivity index (χ3v) is 4.58. The standard InChI is InChI=1S/C20H23NO5/c22-12-17-19(24)20(25)18(23)11-21(17)10-14-6-8-16(9-7-14)26-13-15-4-2-1-3-5-15/h1-9,17-18,20,22-23,25H,10-13H2/t17-,18-,20+/m0/s1. The maximum Gasteiger partial charge on any atom is 0.183 e. The van der Waals surface area contributed by atoms with E-state index in [2.05, 4.69) is 0 Å². The molecule has 0 spiro atoms. The molecule has 6 nitrogen and oxygen atoms in total. The fourth-order valence-corrected chi connectivity index (χ4v) is 3.08. The third kappa shape index (κ3) is 4.28. The van der Waals surface area contributed by atoms with Crippen LogP contribution in [0.5, 0.6) is 5.75 Å². The van der Waals surface area contributed by atoms with E-state index in [1.54, 1.807) is 4.90 Å². The SMILES string of the molecule is O=C1[C@H](O)[C@@H](O)CN(Cc2ccc(OCc3ccccc3)cc2)[C@H]1CO. The van der Waals surface area contributed by atoms with E-state index in [-0.39, 0.29) is 13.2 Å². The molecule has 0 amide bonds. The minimum atomic E-state index is -1.43. The molecule has 0 unspecified atom stereocenters. The zero-order valence-electron chi connectivity index (χ0n) is 14.4. The molecule has 138 valence electrons. The Labute approximate surface area is 152 Å². The average Bonchev–Trinajstić information content (AvgIpc) is 2.67. The first-order valence-corrected chi connectivity index (χ1v) is 8.59. The highest BCUT2D eigenvalue weighted by atomic mass is 16.5. The smallest absolute Gasteiger partial charge is 0.183 e. The third-order valence-electron chi connectivity index (χ3n) is 4.58. The quantitative estimate of drug-likeness (QED) is 0.706. The number of hydrogen-bond donors (Lipinski definition) is 3. The van der Waals surface area contributed by atoms with Gasteiger partial charge in [-0.25, -0.2) is 0 Å². The molecule has 0 saturated carbocycles. The lowest BCUT2D eigenvalue weighted by atomic mass is 9.95. The number of ketones is 1. The van der Waals surface area contributed by atoms with E-state index in [0.717, 1.165) is 16.9 Å². The number of piperidine rings is 1. The van der Waals surface area contributed by atoms with Gasteiger partial charge in [0.2, 0.25) is 0 Å². The number of aliphatic hydroxyl groups is 3. The lowest BCUT2D eigenvalue weighted by molar-refractivity contribution is -0.150. The second kappa shape index (κ2) is 8.42. The van der Waals surface area contributed by atoms with Crippen LogP contribution in [0.25, 0.3) is 0 Å². The second-order valence-corrected chi connectivity index (χ2v) is 6.46. The van der Waals surface area contributed by atoms with Gasteiger partial charge in [-0.3, -0.25) is 9.69 Å². The Balaban J connectivity index is 1.60. The predicted molar refractivity (Wildman–Crippen MR) is 95.5 cm³/mol. The minimum Gasteiger partial charge on any atom is -0.489 e. The molecule has 0 aliphatic carbocycles. The van der Waals surface area contributed by atoms with E-state index in [1.807, 2.05) is 54.6 Å². The molecule has 3 rings (SSSR count). The number of rotatable bonds is 6. The molecular weight excluding hydrogens is 334 g/mol. The van der Waals surface area contributed by atoms with Gasteiger partial charge in [-0.1, -0.05) is 42.5 Å². The lowest BCUT2D eigenvalue weighted by Gasteiger charge is -2.38. The summed E-state index contributed by atoms with van der Waals surface area (Å²) in [7, 11) is 0. The van der Waals surface area contributed by atoms with Gasteiger partial charge < -0.3 is 20.1 Å². The van der Waals surface area contributed by atoms with Gasteiger partial charge in [0.1, 0.15) is 18.5 Å². The van der Waals surface area contributed by atoms with Crippen molar-refractivity contribution >= 4 is 5.78 Å². The number of Topliss-reactive ketones (excluding diaryl/α,β-unsaturated/α-hetero) is 1. The first-order valence-electron chi connectivity index (χ1n) is 8.59. The van der Waals surface area contributed by atoms with E-state index < -0.39 is 24.0 Å². The van der Waals surface area contributed by atoms with Gasteiger partial charge in [0.15, 0.2) is 5.78 Å². The highest BCUT2D eigenvalue weighted by molar-refractivity contribution is 5.89. The Bertz CT molecular complexity index is 719. The zero-order chi connectivity index (χ0) is 18.5. The summed E-state index contributed by atoms with van der Waals surface area (Å²) in [5.74, 6) is 0.190. The largest absolute Gasteiger partial charge is 0.489 e. The molecule has 26 heavy (non-hydrogen) atoms. The van der Waals surface area contributed by atoms with E-state index in [9.17, 15) is 20.1 Å². The summed E-state index contributed by atoms with van der Waals surface area (Å²) in [5, 5.41) is 28.9. The normalized spacial score (nSPS) is 23.8. The number of benzene rings is 2. The maximum atomic E-state index is 12.0. The van der Waals surface area contributed by atoms with Crippen molar-refractivity contribution < 1.29 is 24.9 Å². The molecule has 1 saturated heterocycles. The number of carbonyl (C=O) groups excluding carboxylic acids is 1. The highest BCUT2D eigenvalue weighted by Crippen LogP contribution is 2.20. The fourth-order valence-electron chi connectivity index (χ4n) is 3.08. The van der Waals surface area contributed by atoms with Crippen LogP contribution in [0.3, 0.4) is 0 Å². The molecule has 1 aliphatic rings. The molecule has 0 bridgehead atoms. The van der Waals surface area contributed by atoms with E-state index in [0.29, 0.717) is 13.2 Å². The number of aliphatic hydroxyl groups excluding tert-OH is 3. The van der Waals surface area contributed by atoms with Crippen LogP contribution in [-0.4, -0.2) is 57.4 Å². The summed E-state index contributed by atoms with van der Waals surface area (Å²) in [6.45, 7) is 0.614. The average molecular weight is 357 g/mol. The van der Waals surface area contributed by atoms with Crippen LogP contribution >= 0.6 is 0 Å². The first-order chi connectivity index (χ1) is 12.6. The van der Waals surface area contributed by atoms with Crippen LogP contribution in [0.2, 0.25) is 0 Å². The van der Waals surface area contributed by atoms with Gasteiger partial charge >= 0.3 is 0 Å². The molecule has 0 aromatic heterocycles. The monoisotopic (exact) mass is 357 g/mol. The lowest BCUT2D eigenvalue weighted by Crippen LogP contribution is -2.59. The number of likely N-dealkylation sites (tertiary alicyclic amines) is 1. The van der Waals surface area contributed by atoms with Crippen LogP contribution in [0.4, 0.5) is 0 Å². The van der Waals surface area contributed by atoms with Crippen molar-refractivity contribution in [3.05, 3.63) is 65.7 Å². The highest BCUT2D eigenvalue weighted by Gasteiger charge is 2.40. The van der Waals surface area contributed by atoms with Crippen molar-refractivity contribution in [1.29, 1.82) is 0 Å². The fraction of sp³-hybridized carbons (Fsp3) is 0.350. The van der Waals surface area contributed by atoms with Crippen LogP contribution in [0, 0.1) is 0 Å². The summed E-state index contributed by atoms with van der Waals surface area (Å²) in [5.41, 5.74) is 2.01. The Hall–Kier alpha value is -2.25. The summed E-state index contributed by atoms with van der Waals surface area (Å²) >= 11 is 0. The van der Waals surface area contributed by atoms with Gasteiger partial charge in [-0.2, -0.15) is 0 Å². The maximum absolute atomic E-state index is 12.0. The number of carbonyl (C=O) groups is 1. The Morgan fingerprint density at radius 2 is 1.69 bits per heavy atom. The van der Waals surface area contributed by atoms with Gasteiger partial charge in [0.25, 0.3) is 0 Å². The summed E-state index contributed by atoms with van der Waals surface area (Å²) in [4.78, 5) is 13.7. The first kappa shape index (κ1) is 18.5. The van der Waals surface area contributed by atoms with Crippen molar-refractivity contribution in [2.75, 3.05) is 13.2 Å². The number of ether oxygens (including phenoxy) is 1. The topological polar surface area (TPSA) is 90.2 Å². The number of hydrogen-bond acceptors (Lipinski definition) is 6. The molecule has 6 heteroatoms. The summed E-state index contributed by atoms with van der Waals surface area (Å²) < 4.78 is 5.75. The van der Waals surface area contributed by atoms with E-state index >= 15 is 0 Å². The Morgan fingerprint density at radius 3 is 2.35 bits per heavy atom. The van der Waals surface area contributed by atoms with E-state index in [1.165, 1.54) is 0 Å². The molecule has 1 aliphatic heterocycles. The Morgan fingerprint density at radius 1 is 1.00 bits per heavy atom. The summed E-state index contributed by atoms with van der Waals surface area (Å²) in [6, 6.07) is 16.5. The number of β-amino-alcohol motifs (C(OH)–C–C–N with tert-alkyl or cyclic N) is 1. The predicted octanol–water partition coefficient (Wildman–Crippen LogP) is 0.733. The Kier molecular flexibility index (Phi) is 6.00. The molecule has 3 N–H and O–H groups in total. The van der Waals surface area contributed by atoms with Gasteiger partial charge in [0.05, 0.1) is 18.8 Å². The molecule has 0 radical (unpaired) electrons. The number of nitrogens with zero attached hydrogens (tertiary/aromatic N) is 1. The van der Waals surface area contributed by atoms with Crippen molar-refractivity contribution in [1.82, 2.24) is 4.90 Å². The van der Waals surface area contributed by atoms with Gasteiger partial charge in [0, 0.05) is 13.1 Å². The van der Waals surface area contributed by atoms with Crippen LogP contribution < -0.4 is 4.74 Å². The van der Waals surface area contributed by atoms with Crippen LogP contribution in [-0.2, 0) is 17.9 Å². The van der Waals surface area contributed by atoms with Crippen molar-refractivity contribution in [3.63, 3.8) is 0 Å². The molecule has 3 atom stereocenters. The van der Waals surface area contributed by atoms with Crippen molar-refractivity contribution in [2.45, 2.75) is 31.4 Å². The molecule has 2 aromatic carbocycles. The molecule has 1 fully saturated rings. The molecule has 2 aromatic rings. The summed E-state index contributed by atoms with van der Waals surface area (Å²) in [6.07, 6.45) is -2.57. The molecule has 1 heterocycles. The van der Waals surface area contributed by atoms with Crippen molar-refractivity contribution in [2.24, 2.45) is 0 Å². The van der Waals surface area contributed by atoms with Crippen LogP contribution in [0.1, 0.15) is 11.1 Å². The van der Waals surface area contributed by atoms with Crippen molar-refractivity contribution in [3.8, 4) is 5.75 Å². The van der Waals surface area contributed by atoms with Crippen LogP contribution in [0.15, 0.2) is 54.6 Å².